The Hall–Kier alpha value is -0.660. The first-order chi connectivity index (χ1) is 9.42. The van der Waals surface area contributed by atoms with E-state index >= 15 is 0 Å². The maximum atomic E-state index is 13.5. The SMILES string of the molecule is CC(C)(C)CCNC(=O)c1cc(F)cc(S(=O)(=O)Cl)c1Br. The molecule has 4 nitrogen and oxygen atoms in total. The molecule has 0 aliphatic heterocycles. The lowest BCUT2D eigenvalue weighted by Gasteiger charge is -2.18. The average molecular weight is 401 g/mol. The van der Waals surface area contributed by atoms with Gasteiger partial charge in [0, 0.05) is 17.2 Å². The Bertz CT molecular complexity index is 656. The van der Waals surface area contributed by atoms with Gasteiger partial charge in [0.1, 0.15) is 10.7 Å². The van der Waals surface area contributed by atoms with E-state index in [1.54, 1.807) is 0 Å². The van der Waals surface area contributed by atoms with Crippen LogP contribution in [0.2, 0.25) is 0 Å². The fourth-order valence-electron chi connectivity index (χ4n) is 1.55. The Morgan fingerprint density at radius 2 is 1.95 bits per heavy atom. The van der Waals surface area contributed by atoms with Crippen LogP contribution in [0.15, 0.2) is 21.5 Å². The van der Waals surface area contributed by atoms with Crippen LogP contribution in [-0.2, 0) is 9.05 Å². The van der Waals surface area contributed by atoms with Crippen molar-refractivity contribution in [3.05, 3.63) is 28.0 Å². The third kappa shape index (κ3) is 5.56. The number of hydrogen-bond donors (Lipinski definition) is 1. The highest BCUT2D eigenvalue weighted by Gasteiger charge is 2.22. The number of hydrogen-bond acceptors (Lipinski definition) is 3. The molecule has 0 heterocycles. The molecule has 0 bridgehead atoms. The van der Waals surface area contributed by atoms with Gasteiger partial charge in [-0.15, -0.1) is 0 Å². The maximum Gasteiger partial charge on any atom is 0.262 e. The van der Waals surface area contributed by atoms with Crippen molar-refractivity contribution in [2.75, 3.05) is 6.54 Å². The lowest BCUT2D eigenvalue weighted by atomic mass is 9.92. The summed E-state index contributed by atoms with van der Waals surface area (Å²) in [7, 11) is 1.07. The van der Waals surface area contributed by atoms with Crippen molar-refractivity contribution in [1.29, 1.82) is 0 Å². The van der Waals surface area contributed by atoms with Crippen LogP contribution in [0.4, 0.5) is 4.39 Å². The molecule has 0 aliphatic carbocycles. The minimum atomic E-state index is -4.15. The average Bonchev–Trinajstić information content (AvgIpc) is 2.28. The lowest BCUT2D eigenvalue weighted by Crippen LogP contribution is -2.27. The first-order valence-electron chi connectivity index (χ1n) is 6.14. The van der Waals surface area contributed by atoms with Crippen LogP contribution < -0.4 is 5.32 Å². The van der Waals surface area contributed by atoms with Crippen LogP contribution in [0.3, 0.4) is 0 Å². The molecule has 0 unspecified atom stereocenters. The van der Waals surface area contributed by atoms with Crippen molar-refractivity contribution in [2.45, 2.75) is 32.1 Å². The molecule has 0 aliphatic rings. The van der Waals surface area contributed by atoms with Crippen LogP contribution in [-0.4, -0.2) is 20.9 Å². The molecule has 8 heteroatoms. The van der Waals surface area contributed by atoms with Crippen LogP contribution in [0.25, 0.3) is 0 Å². The zero-order chi connectivity index (χ0) is 16.4. The van der Waals surface area contributed by atoms with Gasteiger partial charge >= 0.3 is 0 Å². The van der Waals surface area contributed by atoms with Crippen molar-refractivity contribution in [3.8, 4) is 0 Å². The summed E-state index contributed by atoms with van der Waals surface area (Å²) in [5.74, 6) is -1.41. The van der Waals surface area contributed by atoms with Crippen LogP contribution >= 0.6 is 26.6 Å². The summed E-state index contributed by atoms with van der Waals surface area (Å²) in [6.07, 6.45) is 0.729. The number of carbonyl (C=O) groups excluding carboxylic acids is 1. The van der Waals surface area contributed by atoms with Gasteiger partial charge in [-0.2, -0.15) is 0 Å². The summed E-state index contributed by atoms with van der Waals surface area (Å²) in [5.41, 5.74) is -0.0694. The molecule has 0 saturated carbocycles. The molecule has 1 amide bonds. The second-order valence-corrected chi connectivity index (χ2v) is 9.10. The molecule has 1 rings (SSSR count). The van der Waals surface area contributed by atoms with Crippen molar-refractivity contribution >= 4 is 41.6 Å². The van der Waals surface area contributed by atoms with Crippen LogP contribution in [0.5, 0.6) is 0 Å². The number of carbonyl (C=O) groups is 1. The molecule has 118 valence electrons. The first-order valence-corrected chi connectivity index (χ1v) is 9.24. The van der Waals surface area contributed by atoms with E-state index in [4.69, 9.17) is 10.7 Å². The van der Waals surface area contributed by atoms with Crippen LogP contribution in [0, 0.1) is 11.2 Å². The summed E-state index contributed by atoms with van der Waals surface area (Å²) in [6.45, 7) is 6.47. The first kappa shape index (κ1) is 18.4. The molecule has 1 aromatic carbocycles. The molecule has 1 aromatic rings. The van der Waals surface area contributed by atoms with Gasteiger partial charge in [-0.1, -0.05) is 20.8 Å². The third-order valence-electron chi connectivity index (χ3n) is 2.67. The molecule has 0 saturated heterocycles. The Kier molecular flexibility index (Phi) is 5.80. The van der Waals surface area contributed by atoms with E-state index in [-0.39, 0.29) is 15.5 Å². The third-order valence-corrected chi connectivity index (χ3v) is 5.13. The van der Waals surface area contributed by atoms with E-state index < -0.39 is 25.7 Å². The van der Waals surface area contributed by atoms with Gasteiger partial charge in [0.05, 0.1) is 10.0 Å². The van der Waals surface area contributed by atoms with Gasteiger partial charge in [-0.25, -0.2) is 12.8 Å². The minimum Gasteiger partial charge on any atom is -0.352 e. The Balaban J connectivity index is 3.03. The van der Waals surface area contributed by atoms with Crippen molar-refractivity contribution in [1.82, 2.24) is 5.32 Å². The Morgan fingerprint density at radius 1 is 1.38 bits per heavy atom. The molecule has 0 spiro atoms. The largest absolute Gasteiger partial charge is 0.352 e. The van der Waals surface area contributed by atoms with Gasteiger partial charge in [-0.05, 0) is 39.9 Å². The normalized spacial score (nSPS) is 12.3. The van der Waals surface area contributed by atoms with Crippen molar-refractivity contribution in [2.24, 2.45) is 5.41 Å². The standard InChI is InChI=1S/C13H16BrClFNO3S/c1-13(2,3)4-5-17-12(18)9-6-8(16)7-10(11(9)14)21(15,19)20/h6-7H,4-5H2,1-3H3,(H,17,18). The zero-order valence-corrected chi connectivity index (χ0v) is 15.0. The van der Waals surface area contributed by atoms with Gasteiger partial charge in [0.25, 0.3) is 15.0 Å². The quantitative estimate of drug-likeness (QED) is 0.784. The van der Waals surface area contributed by atoms with Crippen LogP contribution in [0.1, 0.15) is 37.6 Å². The van der Waals surface area contributed by atoms with E-state index in [0.717, 1.165) is 18.6 Å². The summed E-state index contributed by atoms with van der Waals surface area (Å²) in [6, 6.07) is 1.72. The fraction of sp³-hybridized carbons (Fsp3) is 0.462. The van der Waals surface area contributed by atoms with E-state index in [9.17, 15) is 17.6 Å². The minimum absolute atomic E-state index is 0.0388. The van der Waals surface area contributed by atoms with Crippen molar-refractivity contribution in [3.63, 3.8) is 0 Å². The summed E-state index contributed by atoms with van der Waals surface area (Å²) in [4.78, 5) is 11.6. The van der Waals surface area contributed by atoms with E-state index in [2.05, 4.69) is 21.2 Å². The van der Waals surface area contributed by atoms with E-state index in [1.165, 1.54) is 0 Å². The number of benzene rings is 1. The van der Waals surface area contributed by atoms with Gasteiger partial charge in [0.2, 0.25) is 0 Å². The van der Waals surface area contributed by atoms with Gasteiger partial charge < -0.3 is 5.32 Å². The molecule has 21 heavy (non-hydrogen) atoms. The summed E-state index contributed by atoms with van der Waals surface area (Å²) < 4.78 is 36.2. The highest BCUT2D eigenvalue weighted by molar-refractivity contribution is 9.10. The lowest BCUT2D eigenvalue weighted by molar-refractivity contribution is 0.0948. The Labute approximate surface area is 136 Å². The predicted octanol–water partition coefficient (Wildman–Crippen LogP) is 3.68. The highest BCUT2D eigenvalue weighted by Crippen LogP contribution is 2.29. The van der Waals surface area contributed by atoms with E-state index in [1.807, 2.05) is 20.8 Å². The van der Waals surface area contributed by atoms with Crippen molar-refractivity contribution < 1.29 is 17.6 Å². The molecular weight excluding hydrogens is 385 g/mol. The molecule has 0 fully saturated rings. The van der Waals surface area contributed by atoms with E-state index in [0.29, 0.717) is 6.54 Å². The van der Waals surface area contributed by atoms with Gasteiger partial charge in [-0.3, -0.25) is 4.79 Å². The molecule has 1 N–H and O–H groups in total. The summed E-state index contributed by atoms with van der Waals surface area (Å²) >= 11 is 2.99. The topological polar surface area (TPSA) is 63.2 Å². The number of nitrogens with one attached hydrogen (secondary N) is 1. The predicted molar refractivity (Wildman–Crippen MR) is 83.5 cm³/mol. The molecular formula is C13H16BrClFNO3S. The molecule has 0 radical (unpaired) electrons. The Morgan fingerprint density at radius 3 is 2.43 bits per heavy atom. The maximum absolute atomic E-state index is 13.5. The number of amides is 1. The molecule has 0 atom stereocenters. The number of rotatable bonds is 4. The summed E-state index contributed by atoms with van der Waals surface area (Å²) in [5, 5.41) is 2.63. The molecule has 0 aromatic heterocycles. The highest BCUT2D eigenvalue weighted by atomic mass is 79.9. The van der Waals surface area contributed by atoms with Gasteiger partial charge in [0.15, 0.2) is 0 Å². The second kappa shape index (κ2) is 6.62. The number of halogens is 3. The monoisotopic (exact) mass is 399 g/mol. The zero-order valence-electron chi connectivity index (χ0n) is 11.8. The second-order valence-electron chi connectivity index (χ2n) is 5.77. The fourth-order valence-corrected chi connectivity index (χ4v) is 3.82. The smallest absolute Gasteiger partial charge is 0.262 e.